The van der Waals surface area contributed by atoms with E-state index in [1.54, 1.807) is 17.0 Å². The Bertz CT molecular complexity index is 1260. The zero-order chi connectivity index (χ0) is 22.8. The summed E-state index contributed by atoms with van der Waals surface area (Å²) in [5.41, 5.74) is 4.77. The van der Waals surface area contributed by atoms with E-state index >= 15 is 0 Å². The molecule has 1 saturated heterocycles. The normalized spacial score (nSPS) is 15.0. The number of hydrogen-bond acceptors (Lipinski definition) is 4. The Balaban J connectivity index is 1.52. The van der Waals surface area contributed by atoms with Crippen LogP contribution in [-0.4, -0.2) is 10.2 Å². The van der Waals surface area contributed by atoms with Crippen molar-refractivity contribution >= 4 is 69.2 Å². The van der Waals surface area contributed by atoms with Gasteiger partial charge in [0.05, 0.1) is 20.6 Å². The molecule has 0 atom stereocenters. The first-order valence-electron chi connectivity index (χ1n) is 9.84. The van der Waals surface area contributed by atoms with Gasteiger partial charge in [-0.25, -0.2) is 0 Å². The van der Waals surface area contributed by atoms with Crippen molar-refractivity contribution in [2.75, 3.05) is 4.90 Å². The molecule has 0 aromatic heterocycles. The van der Waals surface area contributed by atoms with Crippen molar-refractivity contribution in [2.45, 2.75) is 20.5 Å². The highest BCUT2D eigenvalue weighted by atomic mass is 35.5. The standard InChI is InChI=1S/C25H19Cl2NO2S2/c1-15-5-3-8-22(16(15)2)28-24(29)23(32-25(28)31)13-17-6-4-7-19(11-17)30-14-18-9-10-20(26)21(27)12-18/h3-13H,14H2,1-2H3/b23-13-. The third kappa shape index (κ3) is 4.86. The number of carbonyl (C=O) groups is 1. The van der Waals surface area contributed by atoms with E-state index in [1.165, 1.54) is 11.8 Å². The minimum Gasteiger partial charge on any atom is -0.489 e. The number of amides is 1. The fraction of sp³-hybridized carbons (Fsp3) is 0.120. The summed E-state index contributed by atoms with van der Waals surface area (Å²) >= 11 is 18.9. The summed E-state index contributed by atoms with van der Waals surface area (Å²) in [5.74, 6) is 0.575. The molecule has 0 bridgehead atoms. The van der Waals surface area contributed by atoms with Crippen molar-refractivity contribution < 1.29 is 9.53 Å². The molecule has 3 nitrogen and oxygen atoms in total. The van der Waals surface area contributed by atoms with E-state index in [0.717, 1.165) is 27.9 Å². The van der Waals surface area contributed by atoms with Crippen LogP contribution in [0.2, 0.25) is 10.0 Å². The highest BCUT2D eigenvalue weighted by Gasteiger charge is 2.34. The van der Waals surface area contributed by atoms with Crippen LogP contribution in [0.5, 0.6) is 5.75 Å². The third-order valence-electron chi connectivity index (χ3n) is 5.16. The molecule has 162 valence electrons. The predicted octanol–water partition coefficient (Wildman–Crippen LogP) is 7.60. The molecule has 1 heterocycles. The molecule has 0 aliphatic carbocycles. The molecular formula is C25H19Cl2NO2S2. The lowest BCUT2D eigenvalue weighted by molar-refractivity contribution is -0.113. The van der Waals surface area contributed by atoms with E-state index in [4.69, 9.17) is 40.2 Å². The fourth-order valence-corrected chi connectivity index (χ4v) is 4.90. The molecule has 0 spiro atoms. The zero-order valence-electron chi connectivity index (χ0n) is 17.4. The molecule has 32 heavy (non-hydrogen) atoms. The van der Waals surface area contributed by atoms with Gasteiger partial charge >= 0.3 is 0 Å². The lowest BCUT2D eigenvalue weighted by Gasteiger charge is -2.18. The maximum absolute atomic E-state index is 13.1. The second-order valence-electron chi connectivity index (χ2n) is 7.35. The van der Waals surface area contributed by atoms with E-state index in [1.807, 2.05) is 68.5 Å². The van der Waals surface area contributed by atoms with Crippen LogP contribution in [0, 0.1) is 13.8 Å². The molecule has 0 saturated carbocycles. The van der Waals surface area contributed by atoms with Crippen LogP contribution in [0.4, 0.5) is 5.69 Å². The Hall–Kier alpha value is -2.31. The van der Waals surface area contributed by atoms with Gasteiger partial charge in [-0.3, -0.25) is 9.69 Å². The van der Waals surface area contributed by atoms with Gasteiger partial charge < -0.3 is 4.74 Å². The Morgan fingerprint density at radius 3 is 2.59 bits per heavy atom. The lowest BCUT2D eigenvalue weighted by Crippen LogP contribution is -2.28. The first kappa shape index (κ1) is 22.9. The van der Waals surface area contributed by atoms with Crippen molar-refractivity contribution in [3.05, 3.63) is 97.9 Å². The van der Waals surface area contributed by atoms with Gasteiger partial charge in [0.1, 0.15) is 12.4 Å². The van der Waals surface area contributed by atoms with Gasteiger partial charge in [-0.2, -0.15) is 0 Å². The maximum atomic E-state index is 13.1. The molecule has 7 heteroatoms. The SMILES string of the molecule is Cc1cccc(N2C(=O)/C(=C/c3cccc(OCc4ccc(Cl)c(Cl)c4)c3)SC2=S)c1C. The van der Waals surface area contributed by atoms with Crippen molar-refractivity contribution in [2.24, 2.45) is 0 Å². The number of aryl methyl sites for hydroxylation is 1. The molecule has 1 amide bonds. The zero-order valence-corrected chi connectivity index (χ0v) is 20.5. The van der Waals surface area contributed by atoms with Crippen LogP contribution in [0.25, 0.3) is 6.08 Å². The highest BCUT2D eigenvalue weighted by Crippen LogP contribution is 2.38. The minimum atomic E-state index is -0.115. The quantitative estimate of drug-likeness (QED) is 0.267. The Kier molecular flexibility index (Phi) is 6.91. The molecule has 1 aliphatic rings. The number of thiocarbonyl (C=S) groups is 1. The van der Waals surface area contributed by atoms with E-state index in [-0.39, 0.29) is 5.91 Å². The molecule has 0 radical (unpaired) electrons. The first-order chi connectivity index (χ1) is 15.3. The number of thioether (sulfide) groups is 1. The summed E-state index contributed by atoms with van der Waals surface area (Å²) in [4.78, 5) is 15.3. The van der Waals surface area contributed by atoms with Gasteiger partial charge in [-0.05, 0) is 72.5 Å². The van der Waals surface area contributed by atoms with Crippen molar-refractivity contribution in [1.82, 2.24) is 0 Å². The summed E-state index contributed by atoms with van der Waals surface area (Å²) in [6.45, 7) is 4.38. The second-order valence-corrected chi connectivity index (χ2v) is 9.84. The van der Waals surface area contributed by atoms with Gasteiger partial charge in [0.2, 0.25) is 0 Å². The van der Waals surface area contributed by atoms with Crippen molar-refractivity contribution in [3.8, 4) is 5.75 Å². The van der Waals surface area contributed by atoms with Crippen LogP contribution in [-0.2, 0) is 11.4 Å². The van der Waals surface area contributed by atoms with Gasteiger partial charge in [0, 0.05) is 0 Å². The fourth-order valence-electron chi connectivity index (χ4n) is 3.29. The topological polar surface area (TPSA) is 29.5 Å². The summed E-state index contributed by atoms with van der Waals surface area (Å²) in [6, 6.07) is 18.9. The number of rotatable bonds is 5. The largest absolute Gasteiger partial charge is 0.489 e. The molecule has 0 unspecified atom stereocenters. The maximum Gasteiger partial charge on any atom is 0.270 e. The number of nitrogens with zero attached hydrogens (tertiary/aromatic N) is 1. The van der Waals surface area contributed by atoms with E-state index in [9.17, 15) is 4.79 Å². The summed E-state index contributed by atoms with van der Waals surface area (Å²) in [5, 5.41) is 1.00. The Morgan fingerprint density at radius 2 is 1.81 bits per heavy atom. The Labute approximate surface area is 207 Å². The van der Waals surface area contributed by atoms with E-state index in [2.05, 4.69) is 0 Å². The molecule has 3 aromatic rings. The number of ether oxygens (including phenoxy) is 1. The number of anilines is 1. The smallest absolute Gasteiger partial charge is 0.270 e. The van der Waals surface area contributed by atoms with E-state index in [0.29, 0.717) is 31.6 Å². The highest BCUT2D eigenvalue weighted by molar-refractivity contribution is 8.27. The summed E-state index contributed by atoms with van der Waals surface area (Å²) < 4.78 is 6.43. The summed E-state index contributed by atoms with van der Waals surface area (Å²) in [6.07, 6.45) is 1.84. The van der Waals surface area contributed by atoms with Gasteiger partial charge in [0.15, 0.2) is 4.32 Å². The minimum absolute atomic E-state index is 0.115. The van der Waals surface area contributed by atoms with Gasteiger partial charge in [-0.15, -0.1) is 0 Å². The van der Waals surface area contributed by atoms with Crippen LogP contribution >= 0.6 is 47.2 Å². The van der Waals surface area contributed by atoms with Gasteiger partial charge in [0.25, 0.3) is 5.91 Å². The molecule has 1 fully saturated rings. The Morgan fingerprint density at radius 1 is 1.03 bits per heavy atom. The average molecular weight is 500 g/mol. The third-order valence-corrected chi connectivity index (χ3v) is 7.20. The number of carbonyl (C=O) groups excluding carboxylic acids is 1. The van der Waals surface area contributed by atoms with Crippen LogP contribution in [0.15, 0.2) is 65.6 Å². The second kappa shape index (κ2) is 9.67. The van der Waals surface area contributed by atoms with E-state index < -0.39 is 0 Å². The predicted molar refractivity (Wildman–Crippen MR) is 139 cm³/mol. The number of hydrogen-bond donors (Lipinski definition) is 0. The number of benzene rings is 3. The molecule has 0 N–H and O–H groups in total. The van der Waals surface area contributed by atoms with Gasteiger partial charge in [-0.1, -0.05) is 77.5 Å². The lowest BCUT2D eigenvalue weighted by atomic mass is 10.1. The average Bonchev–Trinajstić information content (AvgIpc) is 3.04. The number of halogens is 2. The first-order valence-corrected chi connectivity index (χ1v) is 11.8. The van der Waals surface area contributed by atoms with Crippen LogP contribution in [0.1, 0.15) is 22.3 Å². The van der Waals surface area contributed by atoms with Crippen molar-refractivity contribution in [3.63, 3.8) is 0 Å². The van der Waals surface area contributed by atoms with Crippen molar-refractivity contribution in [1.29, 1.82) is 0 Å². The molecular weight excluding hydrogens is 481 g/mol. The monoisotopic (exact) mass is 499 g/mol. The molecule has 4 rings (SSSR count). The van der Waals surface area contributed by atoms with Crippen LogP contribution in [0.3, 0.4) is 0 Å². The summed E-state index contributed by atoms with van der Waals surface area (Å²) in [7, 11) is 0. The van der Waals surface area contributed by atoms with Crippen LogP contribution < -0.4 is 9.64 Å². The molecule has 3 aromatic carbocycles. The molecule has 1 aliphatic heterocycles.